The van der Waals surface area contributed by atoms with Crippen LogP contribution in [0.25, 0.3) is 0 Å². The number of carbonyl (C=O) groups excluding carboxylic acids is 1. The first-order valence-corrected chi connectivity index (χ1v) is 15.7. The maximum Gasteiger partial charge on any atom is 0.243 e. The molecule has 0 aromatic heterocycles. The molecule has 0 aliphatic carbocycles. The Kier molecular flexibility index (Phi) is 8.17. The topological polar surface area (TPSA) is 73.0 Å². The highest BCUT2D eigenvalue weighted by molar-refractivity contribution is 7.89. The summed E-state index contributed by atoms with van der Waals surface area (Å²) >= 11 is 5.98. The Morgan fingerprint density at radius 1 is 1.00 bits per heavy atom. The lowest BCUT2D eigenvalue weighted by atomic mass is 9.92. The molecule has 7 nitrogen and oxygen atoms in total. The zero-order valence-electron chi connectivity index (χ0n) is 22.4. The minimum Gasteiger partial charge on any atom is -0.320 e. The van der Waals surface area contributed by atoms with Crippen LogP contribution in [0.2, 0.25) is 5.02 Å². The number of nitrogens with one attached hydrogen (secondary N) is 1. The van der Waals surface area contributed by atoms with E-state index in [0.29, 0.717) is 31.0 Å². The summed E-state index contributed by atoms with van der Waals surface area (Å²) in [4.78, 5) is 18.8. The number of halogens is 1. The molecule has 5 rings (SSSR count). The van der Waals surface area contributed by atoms with Gasteiger partial charge in [-0.1, -0.05) is 62.2 Å². The quantitative estimate of drug-likeness (QED) is 0.547. The highest BCUT2D eigenvalue weighted by Gasteiger charge is 2.55. The molecule has 0 saturated carbocycles. The molecule has 2 atom stereocenters. The summed E-state index contributed by atoms with van der Waals surface area (Å²) in [5.41, 5.74) is 0.816. The fourth-order valence-corrected chi connectivity index (χ4v) is 7.91. The van der Waals surface area contributed by atoms with Gasteiger partial charge < -0.3 is 4.90 Å². The molecule has 3 aliphatic rings. The second-order valence-electron chi connectivity index (χ2n) is 11.1. The number of likely N-dealkylation sites (tertiary alicyclic amines) is 1. The van der Waals surface area contributed by atoms with Crippen molar-refractivity contribution in [2.75, 3.05) is 26.2 Å². The third kappa shape index (κ3) is 5.39. The van der Waals surface area contributed by atoms with Gasteiger partial charge in [-0.25, -0.2) is 8.42 Å². The fraction of sp³-hybridized carbons (Fsp3) is 0.552. The summed E-state index contributed by atoms with van der Waals surface area (Å²) in [7, 11) is -3.62. The molecule has 2 aromatic rings. The molecule has 3 aliphatic heterocycles. The predicted octanol–water partition coefficient (Wildman–Crippen LogP) is 4.33. The molecule has 1 N–H and O–H groups in total. The van der Waals surface area contributed by atoms with E-state index in [1.165, 1.54) is 5.56 Å². The molecule has 2 aromatic carbocycles. The van der Waals surface area contributed by atoms with E-state index in [0.717, 1.165) is 38.9 Å². The first-order valence-electron chi connectivity index (χ1n) is 13.9. The van der Waals surface area contributed by atoms with Gasteiger partial charge in [-0.3, -0.25) is 15.0 Å². The second-order valence-corrected chi connectivity index (χ2v) is 13.5. The Balaban J connectivity index is 1.31. The Bertz CT molecular complexity index is 1210. The van der Waals surface area contributed by atoms with Gasteiger partial charge in [-0.2, -0.15) is 4.31 Å². The van der Waals surface area contributed by atoms with E-state index in [-0.39, 0.29) is 28.8 Å². The van der Waals surface area contributed by atoms with Crippen LogP contribution in [0.15, 0.2) is 59.5 Å². The van der Waals surface area contributed by atoms with Crippen LogP contribution in [0.5, 0.6) is 0 Å². The lowest BCUT2D eigenvalue weighted by molar-refractivity contribution is -0.138. The SMILES string of the molecule is CCC(C)C1NC2(CCN(S(=O)(=O)c3ccc(Cl)cc3)CC2)N(C2CCN(Cc3ccccc3)CC2)C1=O. The van der Waals surface area contributed by atoms with E-state index < -0.39 is 15.7 Å². The Morgan fingerprint density at radius 2 is 1.63 bits per heavy atom. The number of carbonyl (C=O) groups is 1. The van der Waals surface area contributed by atoms with Gasteiger partial charge in [0, 0.05) is 43.8 Å². The lowest BCUT2D eigenvalue weighted by Crippen LogP contribution is -2.63. The average Bonchev–Trinajstić information content (AvgIpc) is 3.21. The van der Waals surface area contributed by atoms with E-state index in [1.807, 2.05) is 6.07 Å². The fourth-order valence-electron chi connectivity index (χ4n) is 6.35. The van der Waals surface area contributed by atoms with Gasteiger partial charge in [0.2, 0.25) is 15.9 Å². The van der Waals surface area contributed by atoms with Gasteiger partial charge >= 0.3 is 0 Å². The van der Waals surface area contributed by atoms with Gasteiger partial charge in [0.25, 0.3) is 0 Å². The summed E-state index contributed by atoms with van der Waals surface area (Å²) < 4.78 is 28.2. The van der Waals surface area contributed by atoms with Crippen molar-refractivity contribution in [2.24, 2.45) is 5.92 Å². The number of rotatable bonds is 7. The monoisotopic (exact) mass is 558 g/mol. The maximum absolute atomic E-state index is 13.9. The molecule has 1 amide bonds. The highest BCUT2D eigenvalue weighted by atomic mass is 35.5. The predicted molar refractivity (Wildman–Crippen MR) is 150 cm³/mol. The summed E-state index contributed by atoms with van der Waals surface area (Å²) in [6.45, 7) is 7.84. The Morgan fingerprint density at radius 3 is 2.24 bits per heavy atom. The minimum absolute atomic E-state index is 0.163. The smallest absolute Gasteiger partial charge is 0.243 e. The van der Waals surface area contributed by atoms with E-state index >= 15 is 0 Å². The Labute approximate surface area is 232 Å². The Hall–Kier alpha value is -1.97. The van der Waals surface area contributed by atoms with Crippen molar-refractivity contribution < 1.29 is 13.2 Å². The molecule has 1 spiro atoms. The third-order valence-electron chi connectivity index (χ3n) is 8.77. The number of hydrogen-bond donors (Lipinski definition) is 1. The van der Waals surface area contributed by atoms with Crippen LogP contribution in [0.4, 0.5) is 0 Å². The van der Waals surface area contributed by atoms with Crippen molar-refractivity contribution in [2.45, 2.75) is 75.1 Å². The molecular formula is C29H39ClN4O3S. The maximum atomic E-state index is 13.9. The van der Waals surface area contributed by atoms with E-state index in [1.54, 1.807) is 28.6 Å². The average molecular weight is 559 g/mol. The molecule has 38 heavy (non-hydrogen) atoms. The largest absolute Gasteiger partial charge is 0.320 e. The summed E-state index contributed by atoms with van der Waals surface area (Å²) in [6, 6.07) is 16.8. The number of amides is 1. The van der Waals surface area contributed by atoms with Crippen molar-refractivity contribution in [1.29, 1.82) is 0 Å². The molecule has 3 heterocycles. The van der Waals surface area contributed by atoms with Crippen molar-refractivity contribution in [1.82, 2.24) is 19.4 Å². The lowest BCUT2D eigenvalue weighted by Gasteiger charge is -2.49. The standard InChI is InChI=1S/C29H39ClN4O3S/c1-3-22(2)27-28(35)34(25-13-17-32(18-14-25)21-23-7-5-4-6-8-23)29(31-27)15-19-33(20-16-29)38(36,37)26-11-9-24(30)10-12-26/h4-12,22,25,27,31H,3,13-21H2,1-2H3. The number of hydrogen-bond acceptors (Lipinski definition) is 5. The first-order chi connectivity index (χ1) is 18.2. The van der Waals surface area contributed by atoms with E-state index in [9.17, 15) is 13.2 Å². The van der Waals surface area contributed by atoms with Crippen molar-refractivity contribution in [3.05, 3.63) is 65.2 Å². The summed E-state index contributed by atoms with van der Waals surface area (Å²) in [5.74, 6) is 0.410. The van der Waals surface area contributed by atoms with E-state index in [4.69, 9.17) is 11.6 Å². The van der Waals surface area contributed by atoms with Gasteiger partial charge in [0.1, 0.15) is 0 Å². The minimum atomic E-state index is -3.62. The molecule has 0 radical (unpaired) electrons. The molecule has 3 fully saturated rings. The van der Waals surface area contributed by atoms with Gasteiger partial charge in [0.15, 0.2) is 0 Å². The molecule has 9 heteroatoms. The zero-order valence-corrected chi connectivity index (χ0v) is 23.9. The second kappa shape index (κ2) is 11.3. The molecule has 206 valence electrons. The first kappa shape index (κ1) is 27.6. The van der Waals surface area contributed by atoms with Gasteiger partial charge in [-0.15, -0.1) is 0 Å². The van der Waals surface area contributed by atoms with Crippen LogP contribution in [0, 0.1) is 5.92 Å². The summed E-state index contributed by atoms with van der Waals surface area (Å²) in [5, 5.41) is 4.26. The zero-order chi connectivity index (χ0) is 26.9. The number of benzene rings is 2. The van der Waals surface area contributed by atoms with E-state index in [2.05, 4.69) is 53.2 Å². The van der Waals surface area contributed by atoms with Crippen LogP contribution >= 0.6 is 11.6 Å². The van der Waals surface area contributed by atoms with Crippen LogP contribution in [0.1, 0.15) is 51.5 Å². The summed E-state index contributed by atoms with van der Waals surface area (Å²) in [6.07, 6.45) is 3.95. The van der Waals surface area contributed by atoms with Crippen molar-refractivity contribution in [3.8, 4) is 0 Å². The van der Waals surface area contributed by atoms with Gasteiger partial charge in [-0.05, 0) is 61.4 Å². The number of sulfonamides is 1. The molecule has 3 saturated heterocycles. The number of nitrogens with zero attached hydrogens (tertiary/aromatic N) is 3. The molecule has 0 bridgehead atoms. The van der Waals surface area contributed by atoms with Crippen molar-refractivity contribution >= 4 is 27.5 Å². The number of piperidine rings is 2. The van der Waals surface area contributed by atoms with Crippen LogP contribution in [-0.4, -0.2) is 72.4 Å². The van der Waals surface area contributed by atoms with Gasteiger partial charge in [0.05, 0.1) is 16.6 Å². The van der Waals surface area contributed by atoms with Crippen molar-refractivity contribution in [3.63, 3.8) is 0 Å². The van der Waals surface area contributed by atoms with Crippen LogP contribution in [-0.2, 0) is 21.4 Å². The molecular weight excluding hydrogens is 520 g/mol. The third-order valence-corrected chi connectivity index (χ3v) is 10.9. The van der Waals surface area contributed by atoms with Crippen LogP contribution < -0.4 is 5.32 Å². The highest BCUT2D eigenvalue weighted by Crippen LogP contribution is 2.39. The molecule has 2 unspecified atom stereocenters. The van der Waals surface area contributed by atoms with Crippen LogP contribution in [0.3, 0.4) is 0 Å². The normalized spacial score (nSPS) is 24.2.